The van der Waals surface area contributed by atoms with E-state index in [9.17, 15) is 4.39 Å². The molecule has 0 radical (unpaired) electrons. The van der Waals surface area contributed by atoms with E-state index in [0.717, 1.165) is 19.5 Å². The van der Waals surface area contributed by atoms with Gasteiger partial charge in [0.05, 0.1) is 0 Å². The molecule has 2 N–H and O–H groups in total. The molecule has 2 nitrogen and oxygen atoms in total. The van der Waals surface area contributed by atoms with Gasteiger partial charge in [0.25, 0.3) is 0 Å². The van der Waals surface area contributed by atoms with E-state index < -0.39 is 0 Å². The smallest absolute Gasteiger partial charge is 0.129 e. The molecule has 2 rings (SSSR count). The number of halogens is 3. The van der Waals surface area contributed by atoms with Crippen molar-refractivity contribution in [3.05, 3.63) is 34.6 Å². The van der Waals surface area contributed by atoms with Crippen LogP contribution in [0.1, 0.15) is 12.0 Å². The third kappa shape index (κ3) is 3.32. The normalized spacial score (nSPS) is 19.5. The van der Waals surface area contributed by atoms with Gasteiger partial charge in [-0.05, 0) is 25.1 Å². The van der Waals surface area contributed by atoms with Gasteiger partial charge in [-0.2, -0.15) is 0 Å². The minimum atomic E-state index is -0.235. The molecule has 1 heterocycles. The lowest BCUT2D eigenvalue weighted by molar-refractivity contribution is 0.527. The molecule has 0 spiro atoms. The van der Waals surface area contributed by atoms with Crippen LogP contribution in [0.5, 0.6) is 0 Å². The molecule has 0 aliphatic carbocycles. The van der Waals surface area contributed by atoms with Gasteiger partial charge in [0.2, 0.25) is 0 Å². The third-order valence-corrected chi connectivity index (χ3v) is 3.04. The van der Waals surface area contributed by atoms with Crippen LogP contribution >= 0.6 is 24.0 Å². The third-order valence-electron chi connectivity index (χ3n) is 2.69. The van der Waals surface area contributed by atoms with Crippen LogP contribution in [0.2, 0.25) is 5.02 Å². The SMILES string of the molecule is Cl.Fc1cccc(Cl)c1CN[C@@H]1CCNC1. The van der Waals surface area contributed by atoms with Crippen LogP contribution < -0.4 is 10.6 Å². The summed E-state index contributed by atoms with van der Waals surface area (Å²) in [6.45, 7) is 2.48. The molecule has 1 aliphatic heterocycles. The maximum Gasteiger partial charge on any atom is 0.129 e. The topological polar surface area (TPSA) is 24.1 Å². The predicted octanol–water partition coefficient (Wildman–Crippen LogP) is 2.35. The van der Waals surface area contributed by atoms with Gasteiger partial charge in [-0.3, -0.25) is 0 Å². The van der Waals surface area contributed by atoms with E-state index >= 15 is 0 Å². The lowest BCUT2D eigenvalue weighted by atomic mass is 10.2. The number of nitrogens with one attached hydrogen (secondary N) is 2. The van der Waals surface area contributed by atoms with Gasteiger partial charge in [-0.1, -0.05) is 17.7 Å². The van der Waals surface area contributed by atoms with Crippen molar-refractivity contribution in [2.75, 3.05) is 13.1 Å². The van der Waals surface area contributed by atoms with Gasteiger partial charge in [0.15, 0.2) is 0 Å². The average Bonchev–Trinajstić information content (AvgIpc) is 2.70. The second kappa shape index (κ2) is 6.40. The molecule has 0 aromatic heterocycles. The number of hydrogen-bond donors (Lipinski definition) is 2. The standard InChI is InChI=1S/C11H14ClFN2.ClH/c12-10-2-1-3-11(13)9(10)7-15-8-4-5-14-6-8;/h1-3,8,14-15H,4-7H2;1H/t8-;/m1./s1. The molecule has 1 aromatic rings. The Morgan fingerprint density at radius 1 is 1.50 bits per heavy atom. The number of rotatable bonds is 3. The van der Waals surface area contributed by atoms with Crippen LogP contribution in [0, 0.1) is 5.82 Å². The zero-order chi connectivity index (χ0) is 10.7. The first-order valence-electron chi connectivity index (χ1n) is 5.14. The molecule has 1 saturated heterocycles. The van der Waals surface area contributed by atoms with Crippen molar-refractivity contribution in [3.8, 4) is 0 Å². The van der Waals surface area contributed by atoms with Gasteiger partial charge in [0, 0.05) is 29.7 Å². The Hall–Kier alpha value is -0.350. The molecule has 1 atom stereocenters. The fourth-order valence-corrected chi connectivity index (χ4v) is 2.01. The maximum atomic E-state index is 13.4. The molecule has 1 fully saturated rings. The van der Waals surface area contributed by atoms with Crippen LogP contribution in [0.25, 0.3) is 0 Å². The number of hydrogen-bond acceptors (Lipinski definition) is 2. The molecular weight excluding hydrogens is 250 g/mol. The fourth-order valence-electron chi connectivity index (χ4n) is 1.78. The van der Waals surface area contributed by atoms with E-state index in [-0.39, 0.29) is 18.2 Å². The highest BCUT2D eigenvalue weighted by Crippen LogP contribution is 2.18. The lowest BCUT2D eigenvalue weighted by Gasteiger charge is -2.12. The van der Waals surface area contributed by atoms with E-state index in [1.807, 2.05) is 0 Å². The first kappa shape index (κ1) is 13.7. The van der Waals surface area contributed by atoms with Crippen molar-refractivity contribution in [1.82, 2.24) is 10.6 Å². The largest absolute Gasteiger partial charge is 0.315 e. The van der Waals surface area contributed by atoms with Crippen LogP contribution in [0.3, 0.4) is 0 Å². The summed E-state index contributed by atoms with van der Waals surface area (Å²) in [5.41, 5.74) is 0.561. The van der Waals surface area contributed by atoms with Crippen LogP contribution in [0.4, 0.5) is 4.39 Å². The van der Waals surface area contributed by atoms with Crippen LogP contribution in [-0.2, 0) is 6.54 Å². The monoisotopic (exact) mass is 264 g/mol. The Morgan fingerprint density at radius 2 is 2.31 bits per heavy atom. The fraction of sp³-hybridized carbons (Fsp3) is 0.455. The maximum absolute atomic E-state index is 13.4. The van der Waals surface area contributed by atoms with Gasteiger partial charge in [0.1, 0.15) is 5.82 Å². The summed E-state index contributed by atoms with van der Waals surface area (Å²) in [6.07, 6.45) is 1.09. The van der Waals surface area contributed by atoms with Gasteiger partial charge in [-0.25, -0.2) is 4.39 Å². The molecule has 0 unspecified atom stereocenters. The zero-order valence-electron chi connectivity index (χ0n) is 8.80. The molecule has 1 aromatic carbocycles. The van der Waals surface area contributed by atoms with Crippen LogP contribution in [0.15, 0.2) is 18.2 Å². The minimum absolute atomic E-state index is 0. The summed E-state index contributed by atoms with van der Waals surface area (Å²) in [4.78, 5) is 0. The van der Waals surface area contributed by atoms with Crippen molar-refractivity contribution in [2.45, 2.75) is 19.0 Å². The molecule has 0 amide bonds. The van der Waals surface area contributed by atoms with E-state index in [1.165, 1.54) is 6.07 Å². The second-order valence-corrected chi connectivity index (χ2v) is 4.18. The summed E-state index contributed by atoms with van der Waals surface area (Å²) < 4.78 is 13.4. The Labute approximate surface area is 106 Å². The molecule has 5 heteroatoms. The lowest BCUT2D eigenvalue weighted by Crippen LogP contribution is -2.30. The van der Waals surface area contributed by atoms with Crippen LogP contribution in [-0.4, -0.2) is 19.1 Å². The quantitative estimate of drug-likeness (QED) is 0.876. The zero-order valence-corrected chi connectivity index (χ0v) is 10.4. The molecular formula is C11H15Cl2FN2. The summed E-state index contributed by atoms with van der Waals surface area (Å²) in [5, 5.41) is 7.04. The van der Waals surface area contributed by atoms with E-state index in [4.69, 9.17) is 11.6 Å². The first-order chi connectivity index (χ1) is 7.27. The second-order valence-electron chi connectivity index (χ2n) is 3.77. The Morgan fingerprint density at radius 3 is 2.94 bits per heavy atom. The van der Waals surface area contributed by atoms with Gasteiger partial charge < -0.3 is 10.6 Å². The Kier molecular flexibility index (Phi) is 5.49. The average molecular weight is 265 g/mol. The van der Waals surface area contributed by atoms with Gasteiger partial charge >= 0.3 is 0 Å². The number of benzene rings is 1. The summed E-state index contributed by atoms with van der Waals surface area (Å²) in [7, 11) is 0. The summed E-state index contributed by atoms with van der Waals surface area (Å²) in [5.74, 6) is -0.235. The van der Waals surface area contributed by atoms with Crippen molar-refractivity contribution >= 4 is 24.0 Å². The highest BCUT2D eigenvalue weighted by atomic mass is 35.5. The van der Waals surface area contributed by atoms with E-state index in [2.05, 4.69) is 10.6 Å². The van der Waals surface area contributed by atoms with Gasteiger partial charge in [-0.15, -0.1) is 12.4 Å². The predicted molar refractivity (Wildman–Crippen MR) is 66.8 cm³/mol. The summed E-state index contributed by atoms with van der Waals surface area (Å²) >= 11 is 5.92. The molecule has 16 heavy (non-hydrogen) atoms. The van der Waals surface area contributed by atoms with Crippen molar-refractivity contribution in [1.29, 1.82) is 0 Å². The van der Waals surface area contributed by atoms with E-state index in [1.54, 1.807) is 12.1 Å². The molecule has 0 bridgehead atoms. The molecule has 1 aliphatic rings. The first-order valence-corrected chi connectivity index (χ1v) is 5.52. The molecule has 0 saturated carbocycles. The van der Waals surface area contributed by atoms with Crippen molar-refractivity contribution in [3.63, 3.8) is 0 Å². The van der Waals surface area contributed by atoms with E-state index in [0.29, 0.717) is 23.2 Å². The Balaban J connectivity index is 0.00000128. The summed E-state index contributed by atoms with van der Waals surface area (Å²) in [6, 6.07) is 5.21. The molecule has 90 valence electrons. The Bertz CT molecular complexity index is 321. The van der Waals surface area contributed by atoms with Crippen molar-refractivity contribution < 1.29 is 4.39 Å². The minimum Gasteiger partial charge on any atom is -0.315 e. The van der Waals surface area contributed by atoms with Crippen molar-refractivity contribution in [2.24, 2.45) is 0 Å². The highest BCUT2D eigenvalue weighted by Gasteiger charge is 2.15. The highest BCUT2D eigenvalue weighted by molar-refractivity contribution is 6.31.